The van der Waals surface area contributed by atoms with E-state index in [9.17, 15) is 14.4 Å². The smallest absolute Gasteiger partial charge is 0.266 e. The molecule has 0 aliphatic carbocycles. The van der Waals surface area contributed by atoms with Gasteiger partial charge in [-0.1, -0.05) is 0 Å². The summed E-state index contributed by atoms with van der Waals surface area (Å²) in [5.74, 6) is -0.255. The minimum atomic E-state index is -0.439. The first-order chi connectivity index (χ1) is 11.5. The lowest BCUT2D eigenvalue weighted by molar-refractivity contribution is -0.129. The molecule has 1 aromatic rings. The molecule has 0 aromatic carbocycles. The van der Waals surface area contributed by atoms with E-state index in [0.717, 1.165) is 24.1 Å². The molecule has 0 saturated carbocycles. The molecule has 1 fully saturated rings. The van der Waals surface area contributed by atoms with Gasteiger partial charge in [0, 0.05) is 39.2 Å². The molecule has 2 aliphatic rings. The number of carbonyl (C=O) groups is 2. The summed E-state index contributed by atoms with van der Waals surface area (Å²) in [5.41, 5.74) is 1.65. The monoisotopic (exact) mass is 333 g/mol. The SMILES string of the molecule is Cn1nc2c(cc1=O)CN(CC(=O)N[C@H]1CCCCNC1=O)CC2. The Kier molecular flexibility index (Phi) is 4.94. The fourth-order valence-electron chi connectivity index (χ4n) is 3.21. The van der Waals surface area contributed by atoms with Crippen LogP contribution in [0.1, 0.15) is 30.5 Å². The van der Waals surface area contributed by atoms with Gasteiger partial charge in [-0.15, -0.1) is 0 Å². The predicted octanol–water partition coefficient (Wildman–Crippen LogP) is -1.08. The second kappa shape index (κ2) is 7.12. The van der Waals surface area contributed by atoms with Crippen molar-refractivity contribution in [3.63, 3.8) is 0 Å². The second-order valence-electron chi connectivity index (χ2n) is 6.45. The van der Waals surface area contributed by atoms with E-state index in [1.807, 2.05) is 4.90 Å². The lowest BCUT2D eigenvalue weighted by atomic mass is 10.1. The number of nitrogens with one attached hydrogen (secondary N) is 2. The number of rotatable bonds is 3. The Bertz CT molecular complexity index is 699. The molecule has 1 aromatic heterocycles. The summed E-state index contributed by atoms with van der Waals surface area (Å²) in [6.07, 6.45) is 3.26. The van der Waals surface area contributed by atoms with Gasteiger partial charge in [0.2, 0.25) is 11.8 Å². The number of aromatic nitrogens is 2. The zero-order valence-corrected chi connectivity index (χ0v) is 13.9. The highest BCUT2D eigenvalue weighted by molar-refractivity contribution is 5.88. The van der Waals surface area contributed by atoms with Gasteiger partial charge < -0.3 is 10.6 Å². The minimum Gasteiger partial charge on any atom is -0.354 e. The fraction of sp³-hybridized carbons (Fsp3) is 0.625. The normalized spacial score (nSPS) is 21.5. The Morgan fingerprint density at radius 3 is 3.08 bits per heavy atom. The third kappa shape index (κ3) is 3.81. The standard InChI is InChI=1S/C16H23N5O3/c1-20-15(23)8-11-9-21(7-5-12(11)19-20)10-14(22)18-13-4-2-3-6-17-16(13)24/h8,13H,2-7,9-10H2,1H3,(H,17,24)(H,18,22)/t13-/m0/s1. The molecule has 130 valence electrons. The van der Waals surface area contributed by atoms with Gasteiger partial charge in [0.1, 0.15) is 6.04 Å². The van der Waals surface area contributed by atoms with Crippen molar-refractivity contribution in [1.29, 1.82) is 0 Å². The summed E-state index contributed by atoms with van der Waals surface area (Å²) in [5, 5.41) is 9.91. The number of aryl methyl sites for hydroxylation is 1. The molecule has 24 heavy (non-hydrogen) atoms. The average molecular weight is 333 g/mol. The first kappa shape index (κ1) is 16.6. The molecule has 1 atom stereocenters. The number of fused-ring (bicyclic) bond motifs is 1. The van der Waals surface area contributed by atoms with Gasteiger partial charge in [0.05, 0.1) is 12.2 Å². The molecular formula is C16H23N5O3. The number of nitrogens with zero attached hydrogens (tertiary/aromatic N) is 3. The van der Waals surface area contributed by atoms with Crippen molar-refractivity contribution < 1.29 is 9.59 Å². The molecule has 1 saturated heterocycles. The van der Waals surface area contributed by atoms with Crippen LogP contribution in [0.5, 0.6) is 0 Å². The zero-order chi connectivity index (χ0) is 17.1. The third-order valence-electron chi connectivity index (χ3n) is 4.55. The van der Waals surface area contributed by atoms with Crippen LogP contribution < -0.4 is 16.2 Å². The molecule has 0 unspecified atom stereocenters. The predicted molar refractivity (Wildman–Crippen MR) is 87.3 cm³/mol. The summed E-state index contributed by atoms with van der Waals surface area (Å²) in [6, 6.07) is 1.15. The van der Waals surface area contributed by atoms with E-state index >= 15 is 0 Å². The molecule has 8 heteroatoms. The van der Waals surface area contributed by atoms with E-state index in [1.165, 1.54) is 4.68 Å². The van der Waals surface area contributed by atoms with Crippen molar-refractivity contribution in [3.8, 4) is 0 Å². The van der Waals surface area contributed by atoms with Crippen LogP contribution >= 0.6 is 0 Å². The van der Waals surface area contributed by atoms with E-state index in [0.29, 0.717) is 32.5 Å². The number of hydrogen-bond donors (Lipinski definition) is 2. The van der Waals surface area contributed by atoms with E-state index < -0.39 is 6.04 Å². The third-order valence-corrected chi connectivity index (χ3v) is 4.55. The fourth-order valence-corrected chi connectivity index (χ4v) is 3.21. The van der Waals surface area contributed by atoms with Crippen molar-refractivity contribution in [2.75, 3.05) is 19.6 Å². The Morgan fingerprint density at radius 2 is 2.25 bits per heavy atom. The van der Waals surface area contributed by atoms with Crippen molar-refractivity contribution in [3.05, 3.63) is 27.7 Å². The number of carbonyl (C=O) groups excluding carboxylic acids is 2. The van der Waals surface area contributed by atoms with Crippen LogP contribution in [0, 0.1) is 0 Å². The second-order valence-corrected chi connectivity index (χ2v) is 6.45. The summed E-state index contributed by atoms with van der Waals surface area (Å²) < 4.78 is 1.34. The maximum absolute atomic E-state index is 12.3. The first-order valence-electron chi connectivity index (χ1n) is 8.38. The van der Waals surface area contributed by atoms with Crippen LogP contribution in [0.4, 0.5) is 0 Å². The van der Waals surface area contributed by atoms with Crippen molar-refractivity contribution in [2.45, 2.75) is 38.3 Å². The van der Waals surface area contributed by atoms with Crippen LogP contribution in [-0.2, 0) is 29.6 Å². The Balaban J connectivity index is 1.58. The first-order valence-corrected chi connectivity index (χ1v) is 8.38. The lowest BCUT2D eigenvalue weighted by Crippen LogP contribution is -2.49. The van der Waals surface area contributed by atoms with Crippen molar-refractivity contribution in [1.82, 2.24) is 25.3 Å². The maximum Gasteiger partial charge on any atom is 0.266 e. The average Bonchev–Trinajstić information content (AvgIpc) is 2.74. The van der Waals surface area contributed by atoms with Gasteiger partial charge >= 0.3 is 0 Å². The van der Waals surface area contributed by atoms with Crippen molar-refractivity contribution in [2.24, 2.45) is 7.05 Å². The van der Waals surface area contributed by atoms with Crippen LogP contribution in [0.3, 0.4) is 0 Å². The molecule has 2 N–H and O–H groups in total. The van der Waals surface area contributed by atoms with Crippen LogP contribution in [-0.4, -0.2) is 52.2 Å². The number of amides is 2. The molecule has 2 amide bonds. The van der Waals surface area contributed by atoms with Crippen LogP contribution in [0.2, 0.25) is 0 Å². The Labute approximate surface area is 140 Å². The van der Waals surface area contributed by atoms with Crippen LogP contribution in [0.25, 0.3) is 0 Å². The zero-order valence-electron chi connectivity index (χ0n) is 13.9. The van der Waals surface area contributed by atoms with Gasteiger partial charge in [-0.05, 0) is 24.8 Å². The molecular weight excluding hydrogens is 310 g/mol. The van der Waals surface area contributed by atoms with Gasteiger partial charge in [-0.3, -0.25) is 19.3 Å². The van der Waals surface area contributed by atoms with Gasteiger partial charge in [0.15, 0.2) is 0 Å². The molecule has 0 bridgehead atoms. The highest BCUT2D eigenvalue weighted by atomic mass is 16.2. The van der Waals surface area contributed by atoms with Gasteiger partial charge in [-0.2, -0.15) is 5.10 Å². The summed E-state index contributed by atoms with van der Waals surface area (Å²) in [4.78, 5) is 37.8. The topological polar surface area (TPSA) is 96.3 Å². The van der Waals surface area contributed by atoms with E-state index in [-0.39, 0.29) is 23.9 Å². The molecule has 3 rings (SSSR count). The Morgan fingerprint density at radius 1 is 1.42 bits per heavy atom. The molecule has 0 radical (unpaired) electrons. The highest BCUT2D eigenvalue weighted by Gasteiger charge is 2.25. The maximum atomic E-state index is 12.3. The van der Waals surface area contributed by atoms with Crippen molar-refractivity contribution >= 4 is 11.8 Å². The Hall–Kier alpha value is -2.22. The van der Waals surface area contributed by atoms with E-state index in [2.05, 4.69) is 15.7 Å². The van der Waals surface area contributed by atoms with E-state index in [4.69, 9.17) is 0 Å². The largest absolute Gasteiger partial charge is 0.354 e. The molecule has 3 heterocycles. The summed E-state index contributed by atoms with van der Waals surface area (Å²) in [6.45, 7) is 2.14. The number of hydrogen-bond acceptors (Lipinski definition) is 5. The highest BCUT2D eigenvalue weighted by Crippen LogP contribution is 2.14. The molecule has 8 nitrogen and oxygen atoms in total. The molecule has 2 aliphatic heterocycles. The minimum absolute atomic E-state index is 0.0995. The summed E-state index contributed by atoms with van der Waals surface area (Å²) >= 11 is 0. The van der Waals surface area contributed by atoms with Gasteiger partial charge in [0.25, 0.3) is 5.56 Å². The lowest BCUT2D eigenvalue weighted by Gasteiger charge is -2.28. The van der Waals surface area contributed by atoms with Gasteiger partial charge in [-0.25, -0.2) is 4.68 Å². The molecule has 0 spiro atoms. The van der Waals surface area contributed by atoms with Crippen LogP contribution in [0.15, 0.2) is 10.9 Å². The summed E-state index contributed by atoms with van der Waals surface area (Å²) in [7, 11) is 1.64. The van der Waals surface area contributed by atoms with E-state index in [1.54, 1.807) is 13.1 Å². The quantitative estimate of drug-likeness (QED) is 0.734.